The quantitative estimate of drug-likeness (QED) is 0.600. The largest absolute Gasteiger partial charge is 0.397 e. The number of hydrogen-bond donors (Lipinski definition) is 2. The number of hydrogen-bond acceptors (Lipinski definition) is 3. The van der Waals surface area contributed by atoms with E-state index in [4.69, 9.17) is 5.73 Å². The SMILES string of the molecule is CCCCCS(=O)C(C)C(=O)Nc1ccc(F)cc1N. The summed E-state index contributed by atoms with van der Waals surface area (Å²) in [6.07, 6.45) is 2.90. The second kappa shape index (κ2) is 7.99. The molecule has 1 aromatic rings. The standard InChI is InChI=1S/C14H21FN2O2S/c1-3-4-5-8-20(19)10(2)14(18)17-13-7-6-11(15)9-12(13)16/h6-7,9-10H,3-5,8,16H2,1-2H3,(H,17,18). The Morgan fingerprint density at radius 1 is 1.45 bits per heavy atom. The van der Waals surface area contributed by atoms with Gasteiger partial charge in [-0.25, -0.2) is 4.39 Å². The number of nitrogens with two attached hydrogens (primary N) is 1. The van der Waals surface area contributed by atoms with E-state index in [2.05, 4.69) is 12.2 Å². The van der Waals surface area contributed by atoms with Crippen LogP contribution in [0.1, 0.15) is 33.1 Å². The molecule has 0 aromatic heterocycles. The molecule has 1 amide bonds. The summed E-state index contributed by atoms with van der Waals surface area (Å²) in [6, 6.07) is 3.75. The van der Waals surface area contributed by atoms with E-state index < -0.39 is 21.9 Å². The first kappa shape index (κ1) is 16.6. The molecule has 0 saturated heterocycles. The highest BCUT2D eigenvalue weighted by molar-refractivity contribution is 7.86. The van der Waals surface area contributed by atoms with E-state index in [1.807, 2.05) is 0 Å². The number of rotatable bonds is 7. The molecule has 0 aliphatic carbocycles. The van der Waals surface area contributed by atoms with Gasteiger partial charge in [-0.05, 0) is 31.5 Å². The molecule has 0 radical (unpaired) electrons. The molecule has 0 aliphatic heterocycles. The molecule has 2 atom stereocenters. The lowest BCUT2D eigenvalue weighted by atomic mass is 10.2. The number of halogens is 1. The molecule has 3 N–H and O–H groups in total. The molecule has 20 heavy (non-hydrogen) atoms. The fraction of sp³-hybridized carbons (Fsp3) is 0.500. The second-order valence-corrected chi connectivity index (χ2v) is 6.53. The molecule has 0 saturated carbocycles. The van der Waals surface area contributed by atoms with Gasteiger partial charge in [-0.3, -0.25) is 9.00 Å². The maximum absolute atomic E-state index is 12.9. The first-order chi connectivity index (χ1) is 9.45. The van der Waals surface area contributed by atoms with Crippen LogP contribution in [0.5, 0.6) is 0 Å². The van der Waals surface area contributed by atoms with Gasteiger partial charge in [0.05, 0.1) is 11.4 Å². The van der Waals surface area contributed by atoms with Crippen LogP contribution in [0.4, 0.5) is 15.8 Å². The molecule has 112 valence electrons. The van der Waals surface area contributed by atoms with Crippen LogP contribution < -0.4 is 11.1 Å². The van der Waals surface area contributed by atoms with E-state index in [1.165, 1.54) is 12.1 Å². The van der Waals surface area contributed by atoms with Crippen molar-refractivity contribution in [2.75, 3.05) is 16.8 Å². The third-order valence-electron chi connectivity index (χ3n) is 2.98. The van der Waals surface area contributed by atoms with Gasteiger partial charge in [0.1, 0.15) is 11.1 Å². The molecule has 4 nitrogen and oxygen atoms in total. The predicted molar refractivity (Wildman–Crippen MR) is 81.4 cm³/mol. The van der Waals surface area contributed by atoms with Crippen molar-refractivity contribution in [2.45, 2.75) is 38.4 Å². The number of amides is 1. The summed E-state index contributed by atoms with van der Waals surface area (Å²) in [5, 5.41) is 1.97. The van der Waals surface area contributed by atoms with Crippen molar-refractivity contribution >= 4 is 28.1 Å². The lowest BCUT2D eigenvalue weighted by Gasteiger charge is -2.13. The van der Waals surface area contributed by atoms with Crippen molar-refractivity contribution in [1.29, 1.82) is 0 Å². The topological polar surface area (TPSA) is 72.2 Å². The molecule has 0 heterocycles. The highest BCUT2D eigenvalue weighted by Crippen LogP contribution is 2.19. The Morgan fingerprint density at radius 2 is 2.15 bits per heavy atom. The summed E-state index contributed by atoms with van der Waals surface area (Å²) in [5.74, 6) is -0.309. The number of unbranched alkanes of at least 4 members (excludes halogenated alkanes) is 2. The van der Waals surface area contributed by atoms with Gasteiger partial charge >= 0.3 is 0 Å². The van der Waals surface area contributed by atoms with Crippen LogP contribution in [0, 0.1) is 5.82 Å². The predicted octanol–water partition coefficient (Wildman–Crippen LogP) is 2.67. The van der Waals surface area contributed by atoms with E-state index in [1.54, 1.807) is 6.92 Å². The van der Waals surface area contributed by atoms with Gasteiger partial charge in [-0.1, -0.05) is 19.8 Å². The fourth-order valence-electron chi connectivity index (χ4n) is 1.67. The molecule has 1 rings (SSSR count). The Kier molecular flexibility index (Phi) is 6.64. The molecule has 0 fully saturated rings. The van der Waals surface area contributed by atoms with Gasteiger partial charge in [0.25, 0.3) is 0 Å². The molecule has 0 aliphatic rings. The first-order valence-electron chi connectivity index (χ1n) is 6.68. The van der Waals surface area contributed by atoms with Crippen LogP contribution in [-0.4, -0.2) is 21.1 Å². The minimum atomic E-state index is -1.21. The minimum Gasteiger partial charge on any atom is -0.397 e. The monoisotopic (exact) mass is 300 g/mol. The summed E-state index contributed by atoms with van der Waals surface area (Å²) in [6.45, 7) is 3.69. The Bertz CT molecular complexity index is 494. The Labute approximate surface area is 121 Å². The van der Waals surface area contributed by atoms with Crippen molar-refractivity contribution in [3.05, 3.63) is 24.0 Å². The van der Waals surface area contributed by atoms with Crippen LogP contribution >= 0.6 is 0 Å². The van der Waals surface area contributed by atoms with Gasteiger partial charge in [0.15, 0.2) is 0 Å². The number of benzene rings is 1. The maximum Gasteiger partial charge on any atom is 0.239 e. The van der Waals surface area contributed by atoms with Crippen LogP contribution in [0.15, 0.2) is 18.2 Å². The first-order valence-corrected chi connectivity index (χ1v) is 8.07. The number of carbonyl (C=O) groups excluding carboxylic acids is 1. The molecule has 1 aromatic carbocycles. The summed E-state index contributed by atoms with van der Waals surface area (Å²) in [5.41, 5.74) is 6.11. The van der Waals surface area contributed by atoms with Crippen LogP contribution in [0.25, 0.3) is 0 Å². The van der Waals surface area contributed by atoms with Gasteiger partial charge in [0, 0.05) is 16.6 Å². The summed E-state index contributed by atoms with van der Waals surface area (Å²) >= 11 is 0. The van der Waals surface area contributed by atoms with Crippen molar-refractivity contribution in [1.82, 2.24) is 0 Å². The lowest BCUT2D eigenvalue weighted by molar-refractivity contribution is -0.115. The van der Waals surface area contributed by atoms with E-state index in [0.29, 0.717) is 11.4 Å². The smallest absolute Gasteiger partial charge is 0.239 e. The molecular formula is C14H21FN2O2S. The average molecular weight is 300 g/mol. The normalized spacial score (nSPS) is 13.8. The Balaban J connectivity index is 2.59. The average Bonchev–Trinajstić information content (AvgIpc) is 2.41. The minimum absolute atomic E-state index is 0.155. The van der Waals surface area contributed by atoms with Crippen LogP contribution in [0.3, 0.4) is 0 Å². The highest BCUT2D eigenvalue weighted by Gasteiger charge is 2.20. The Morgan fingerprint density at radius 3 is 2.75 bits per heavy atom. The van der Waals surface area contributed by atoms with Crippen molar-refractivity contribution in [2.24, 2.45) is 0 Å². The zero-order valence-electron chi connectivity index (χ0n) is 11.8. The zero-order chi connectivity index (χ0) is 15.1. The summed E-state index contributed by atoms with van der Waals surface area (Å²) in [4.78, 5) is 12.0. The second-order valence-electron chi connectivity index (χ2n) is 4.66. The number of anilines is 2. The molecule has 2 unspecified atom stereocenters. The van der Waals surface area contributed by atoms with E-state index in [-0.39, 0.29) is 11.6 Å². The van der Waals surface area contributed by atoms with E-state index >= 15 is 0 Å². The van der Waals surface area contributed by atoms with Crippen molar-refractivity contribution < 1.29 is 13.4 Å². The molecule has 6 heteroatoms. The molecule has 0 spiro atoms. The van der Waals surface area contributed by atoms with E-state index in [9.17, 15) is 13.4 Å². The number of carbonyl (C=O) groups is 1. The summed E-state index contributed by atoms with van der Waals surface area (Å²) in [7, 11) is -1.21. The fourth-order valence-corrected chi connectivity index (χ4v) is 2.81. The number of nitrogen functional groups attached to an aromatic ring is 1. The Hall–Kier alpha value is -1.43. The zero-order valence-corrected chi connectivity index (χ0v) is 12.6. The van der Waals surface area contributed by atoms with Crippen molar-refractivity contribution in [3.63, 3.8) is 0 Å². The van der Waals surface area contributed by atoms with Gasteiger partial charge in [0.2, 0.25) is 5.91 Å². The van der Waals surface area contributed by atoms with Gasteiger partial charge in [-0.2, -0.15) is 0 Å². The van der Waals surface area contributed by atoms with E-state index in [0.717, 1.165) is 25.3 Å². The van der Waals surface area contributed by atoms with Crippen LogP contribution in [-0.2, 0) is 15.6 Å². The third kappa shape index (κ3) is 4.92. The third-order valence-corrected chi connectivity index (χ3v) is 4.68. The number of nitrogens with one attached hydrogen (secondary N) is 1. The van der Waals surface area contributed by atoms with Gasteiger partial charge < -0.3 is 11.1 Å². The van der Waals surface area contributed by atoms with Crippen molar-refractivity contribution in [3.8, 4) is 0 Å². The van der Waals surface area contributed by atoms with Gasteiger partial charge in [-0.15, -0.1) is 0 Å². The maximum atomic E-state index is 12.9. The highest BCUT2D eigenvalue weighted by atomic mass is 32.2. The molecule has 0 bridgehead atoms. The summed E-state index contributed by atoms with van der Waals surface area (Å²) < 4.78 is 24.9. The molecular weight excluding hydrogens is 279 g/mol. The lowest BCUT2D eigenvalue weighted by Crippen LogP contribution is -2.30. The van der Waals surface area contributed by atoms with Crippen LogP contribution in [0.2, 0.25) is 0 Å².